The Labute approximate surface area is 150 Å². The average molecular weight is 350 g/mol. The molecule has 0 aliphatic carbocycles. The van der Waals surface area contributed by atoms with Gasteiger partial charge in [0.25, 0.3) is 5.91 Å². The standard InChI is InChI=1S/C18H18N6O2/c1-18(2,12-7-5-4-6-8-12)21-17(25)13-11-19-16(20-15(13)23-26)14-9-10-24(3)22-14/h4-11H,1-3H3,(H,21,25). The van der Waals surface area contributed by atoms with Crippen LogP contribution in [0, 0.1) is 4.91 Å². The van der Waals surface area contributed by atoms with Gasteiger partial charge in [-0.25, -0.2) is 9.97 Å². The highest BCUT2D eigenvalue weighted by Crippen LogP contribution is 2.23. The van der Waals surface area contributed by atoms with E-state index in [0.717, 1.165) is 5.56 Å². The van der Waals surface area contributed by atoms with Crippen LogP contribution < -0.4 is 5.32 Å². The molecule has 132 valence electrons. The fraction of sp³-hybridized carbons (Fsp3) is 0.222. The minimum atomic E-state index is -0.641. The van der Waals surface area contributed by atoms with Crippen molar-refractivity contribution in [3.05, 3.63) is 64.8 Å². The van der Waals surface area contributed by atoms with Gasteiger partial charge in [0.05, 0.1) is 5.54 Å². The summed E-state index contributed by atoms with van der Waals surface area (Å²) in [5.41, 5.74) is 0.802. The molecular weight excluding hydrogens is 332 g/mol. The number of nitrogens with zero attached hydrogens (tertiary/aromatic N) is 5. The summed E-state index contributed by atoms with van der Waals surface area (Å²) in [5, 5.41) is 9.96. The molecule has 0 radical (unpaired) electrons. The number of amides is 1. The summed E-state index contributed by atoms with van der Waals surface area (Å²) >= 11 is 0. The first-order chi connectivity index (χ1) is 12.4. The van der Waals surface area contributed by atoms with Crippen molar-refractivity contribution in [2.45, 2.75) is 19.4 Å². The van der Waals surface area contributed by atoms with Gasteiger partial charge in [-0.05, 0) is 30.7 Å². The first-order valence-electron chi connectivity index (χ1n) is 7.99. The second-order valence-corrected chi connectivity index (χ2v) is 6.34. The molecule has 0 aliphatic rings. The highest BCUT2D eigenvalue weighted by molar-refractivity contribution is 5.98. The van der Waals surface area contributed by atoms with E-state index in [9.17, 15) is 9.70 Å². The SMILES string of the molecule is Cn1ccc(-c2ncc(C(=O)NC(C)(C)c3ccccc3)c(N=O)n2)n1. The summed E-state index contributed by atoms with van der Waals surface area (Å²) in [6, 6.07) is 11.2. The molecule has 0 atom stereocenters. The van der Waals surface area contributed by atoms with Crippen molar-refractivity contribution in [1.82, 2.24) is 25.1 Å². The average Bonchev–Trinajstić information content (AvgIpc) is 3.08. The van der Waals surface area contributed by atoms with Gasteiger partial charge in [-0.1, -0.05) is 30.3 Å². The van der Waals surface area contributed by atoms with Crippen molar-refractivity contribution in [2.24, 2.45) is 12.2 Å². The number of carbonyl (C=O) groups excluding carboxylic acids is 1. The first-order valence-corrected chi connectivity index (χ1v) is 7.99. The van der Waals surface area contributed by atoms with Crippen LogP contribution in [0.5, 0.6) is 0 Å². The van der Waals surface area contributed by atoms with Gasteiger partial charge >= 0.3 is 0 Å². The third-order valence-electron chi connectivity index (χ3n) is 3.96. The summed E-state index contributed by atoms with van der Waals surface area (Å²) in [6.07, 6.45) is 3.03. The van der Waals surface area contributed by atoms with Gasteiger partial charge in [0, 0.05) is 19.4 Å². The predicted molar refractivity (Wildman–Crippen MR) is 96.6 cm³/mol. The maximum atomic E-state index is 12.7. The van der Waals surface area contributed by atoms with E-state index in [0.29, 0.717) is 5.69 Å². The van der Waals surface area contributed by atoms with Crippen LogP contribution in [0.15, 0.2) is 54.0 Å². The van der Waals surface area contributed by atoms with Gasteiger partial charge < -0.3 is 5.32 Å². The van der Waals surface area contributed by atoms with E-state index in [-0.39, 0.29) is 17.2 Å². The van der Waals surface area contributed by atoms with Crippen LogP contribution in [0.1, 0.15) is 29.8 Å². The molecule has 0 unspecified atom stereocenters. The molecule has 2 heterocycles. The number of hydrogen-bond acceptors (Lipinski definition) is 6. The van der Waals surface area contributed by atoms with Crippen LogP contribution in [-0.2, 0) is 12.6 Å². The lowest BCUT2D eigenvalue weighted by Crippen LogP contribution is -2.41. The molecule has 0 spiro atoms. The molecule has 0 fully saturated rings. The molecule has 0 bridgehead atoms. The van der Waals surface area contributed by atoms with E-state index < -0.39 is 11.4 Å². The number of rotatable bonds is 5. The second kappa shape index (κ2) is 6.83. The van der Waals surface area contributed by atoms with E-state index in [2.05, 4.69) is 25.6 Å². The Morgan fingerprint density at radius 2 is 1.92 bits per heavy atom. The number of aryl methyl sites for hydroxylation is 1. The Morgan fingerprint density at radius 1 is 1.19 bits per heavy atom. The van der Waals surface area contributed by atoms with E-state index in [1.165, 1.54) is 6.20 Å². The van der Waals surface area contributed by atoms with Gasteiger partial charge in [-0.2, -0.15) is 5.10 Å². The molecule has 1 aromatic carbocycles. The van der Waals surface area contributed by atoms with Crippen molar-refractivity contribution < 1.29 is 4.79 Å². The predicted octanol–water partition coefficient (Wildman–Crippen LogP) is 2.94. The number of carbonyl (C=O) groups is 1. The van der Waals surface area contributed by atoms with Gasteiger partial charge in [0.2, 0.25) is 5.82 Å². The molecule has 0 saturated carbocycles. The number of hydrogen-bond donors (Lipinski definition) is 1. The molecule has 8 heteroatoms. The summed E-state index contributed by atoms with van der Waals surface area (Å²) < 4.78 is 1.59. The summed E-state index contributed by atoms with van der Waals surface area (Å²) in [6.45, 7) is 3.74. The zero-order chi connectivity index (χ0) is 18.7. The van der Waals surface area contributed by atoms with Crippen LogP contribution in [0.3, 0.4) is 0 Å². The molecule has 3 rings (SSSR count). The van der Waals surface area contributed by atoms with Crippen molar-refractivity contribution >= 4 is 11.7 Å². The van der Waals surface area contributed by atoms with Crippen molar-refractivity contribution in [2.75, 3.05) is 0 Å². The Balaban J connectivity index is 1.88. The summed E-state index contributed by atoms with van der Waals surface area (Å²) in [5.74, 6) is -0.456. The Morgan fingerprint density at radius 3 is 2.54 bits per heavy atom. The fourth-order valence-electron chi connectivity index (χ4n) is 2.54. The van der Waals surface area contributed by atoms with Crippen LogP contribution in [0.2, 0.25) is 0 Å². The quantitative estimate of drug-likeness (QED) is 0.713. The highest BCUT2D eigenvalue weighted by Gasteiger charge is 2.26. The van der Waals surface area contributed by atoms with Crippen molar-refractivity contribution in [3.8, 4) is 11.5 Å². The summed E-state index contributed by atoms with van der Waals surface area (Å²) in [4.78, 5) is 32.1. The molecule has 8 nitrogen and oxygen atoms in total. The van der Waals surface area contributed by atoms with Crippen molar-refractivity contribution in [3.63, 3.8) is 0 Å². The van der Waals surface area contributed by atoms with E-state index in [1.54, 1.807) is 24.0 Å². The van der Waals surface area contributed by atoms with Gasteiger partial charge in [0.1, 0.15) is 11.3 Å². The molecule has 1 N–H and O–H groups in total. The monoisotopic (exact) mass is 350 g/mol. The third-order valence-corrected chi connectivity index (χ3v) is 3.96. The largest absolute Gasteiger partial charge is 0.343 e. The lowest BCUT2D eigenvalue weighted by Gasteiger charge is -2.27. The molecule has 0 aliphatic heterocycles. The van der Waals surface area contributed by atoms with Crippen LogP contribution in [-0.4, -0.2) is 25.7 Å². The normalized spacial score (nSPS) is 11.2. The Bertz CT molecular complexity index is 949. The van der Waals surface area contributed by atoms with Gasteiger partial charge in [0.15, 0.2) is 5.82 Å². The van der Waals surface area contributed by atoms with E-state index in [4.69, 9.17) is 0 Å². The van der Waals surface area contributed by atoms with Gasteiger partial charge in [-0.3, -0.25) is 9.48 Å². The number of aromatic nitrogens is 4. The lowest BCUT2D eigenvalue weighted by atomic mass is 9.94. The zero-order valence-electron chi connectivity index (χ0n) is 14.7. The van der Waals surface area contributed by atoms with Crippen LogP contribution >= 0.6 is 0 Å². The minimum absolute atomic E-state index is 0.0173. The topological polar surface area (TPSA) is 102 Å². The Kier molecular flexibility index (Phi) is 4.57. The minimum Gasteiger partial charge on any atom is -0.343 e. The third kappa shape index (κ3) is 3.49. The zero-order valence-corrected chi connectivity index (χ0v) is 14.7. The molecule has 1 amide bonds. The van der Waals surface area contributed by atoms with Gasteiger partial charge in [-0.15, -0.1) is 4.91 Å². The smallest absolute Gasteiger partial charge is 0.257 e. The summed E-state index contributed by atoms with van der Waals surface area (Å²) in [7, 11) is 1.76. The lowest BCUT2D eigenvalue weighted by molar-refractivity contribution is 0.0912. The highest BCUT2D eigenvalue weighted by atomic mass is 16.3. The fourth-order valence-corrected chi connectivity index (χ4v) is 2.54. The number of nitrogens with one attached hydrogen (secondary N) is 1. The van der Waals surface area contributed by atoms with E-state index in [1.807, 2.05) is 44.2 Å². The maximum absolute atomic E-state index is 12.7. The Hall–Kier alpha value is -3.42. The first kappa shape index (κ1) is 17.4. The molecule has 3 aromatic rings. The molecule has 2 aromatic heterocycles. The second-order valence-electron chi connectivity index (χ2n) is 6.34. The maximum Gasteiger partial charge on any atom is 0.257 e. The van der Waals surface area contributed by atoms with E-state index >= 15 is 0 Å². The molecular formula is C18H18N6O2. The number of nitroso groups, excluding NO2 is 1. The molecule has 0 saturated heterocycles. The van der Waals surface area contributed by atoms with Crippen LogP contribution in [0.4, 0.5) is 5.82 Å². The van der Waals surface area contributed by atoms with Crippen LogP contribution in [0.25, 0.3) is 11.5 Å². The van der Waals surface area contributed by atoms with Crippen molar-refractivity contribution in [1.29, 1.82) is 0 Å². The molecule has 26 heavy (non-hydrogen) atoms. The number of benzene rings is 1.